The van der Waals surface area contributed by atoms with Crippen molar-refractivity contribution in [3.8, 4) is 28.1 Å². The standard InChI is InChI=1S/C38H30ClN5O4/c39-26-19-20-30-28(21-26)35(24-11-4-1-5-12-24)36(38(48)40-30)31-22-32(44(41-31)33(45)17-10-18-34(46)47)29-23-43(27-15-8-3-9-16-27)42-37(29)25-13-6-2-7-14-25/h1-9,11-16,19-21,23,32H,10,17-18,22H2,(H,40,48)(H,46,47)/t32-/m0/s1. The van der Waals surface area contributed by atoms with Crippen LogP contribution in [0.15, 0.2) is 125 Å². The number of aromatic nitrogens is 3. The lowest BCUT2D eigenvalue weighted by Crippen LogP contribution is -2.27. The molecule has 2 aromatic heterocycles. The van der Waals surface area contributed by atoms with E-state index in [0.29, 0.717) is 33.1 Å². The molecule has 1 aliphatic rings. The Bertz CT molecular complexity index is 2230. The van der Waals surface area contributed by atoms with Crippen LogP contribution in [0.3, 0.4) is 0 Å². The van der Waals surface area contributed by atoms with Crippen LogP contribution in [0, 0.1) is 0 Å². The highest BCUT2D eigenvalue weighted by Crippen LogP contribution is 2.41. The van der Waals surface area contributed by atoms with Gasteiger partial charge in [-0.15, -0.1) is 0 Å². The highest BCUT2D eigenvalue weighted by molar-refractivity contribution is 6.31. The van der Waals surface area contributed by atoms with Crippen molar-refractivity contribution in [1.29, 1.82) is 0 Å². The van der Waals surface area contributed by atoms with Crippen LogP contribution in [0.5, 0.6) is 0 Å². The number of para-hydroxylation sites is 1. The summed E-state index contributed by atoms with van der Waals surface area (Å²) in [5.74, 6) is -1.32. The van der Waals surface area contributed by atoms with Gasteiger partial charge in [-0.1, -0.05) is 90.5 Å². The number of nitrogens with one attached hydrogen (secondary N) is 1. The molecule has 0 saturated carbocycles. The molecular weight excluding hydrogens is 626 g/mol. The number of hydrogen-bond donors (Lipinski definition) is 2. The predicted octanol–water partition coefficient (Wildman–Crippen LogP) is 7.63. The average molecular weight is 656 g/mol. The first-order valence-electron chi connectivity index (χ1n) is 15.6. The topological polar surface area (TPSA) is 121 Å². The van der Waals surface area contributed by atoms with E-state index in [1.54, 1.807) is 16.8 Å². The summed E-state index contributed by atoms with van der Waals surface area (Å²) in [5.41, 5.74) is 5.65. The van der Waals surface area contributed by atoms with Crippen molar-refractivity contribution in [3.05, 3.63) is 142 Å². The van der Waals surface area contributed by atoms with Crippen molar-refractivity contribution in [3.63, 3.8) is 0 Å². The van der Waals surface area contributed by atoms with Gasteiger partial charge in [0.1, 0.15) is 0 Å². The Labute approximate surface area is 280 Å². The Balaban J connectivity index is 1.41. The third-order valence-corrected chi connectivity index (χ3v) is 8.68. The number of aromatic amines is 1. The van der Waals surface area contributed by atoms with Crippen molar-refractivity contribution in [2.24, 2.45) is 5.10 Å². The second-order valence-corrected chi connectivity index (χ2v) is 12.0. The summed E-state index contributed by atoms with van der Waals surface area (Å²) < 4.78 is 1.78. The molecule has 0 saturated heterocycles. The van der Waals surface area contributed by atoms with Crippen LogP contribution < -0.4 is 5.56 Å². The molecule has 238 valence electrons. The van der Waals surface area contributed by atoms with E-state index in [-0.39, 0.29) is 37.1 Å². The molecule has 0 aliphatic carbocycles. The van der Waals surface area contributed by atoms with Gasteiger partial charge in [-0.3, -0.25) is 14.4 Å². The normalized spacial score (nSPS) is 14.3. The number of pyridine rings is 1. The molecule has 0 spiro atoms. The molecule has 6 aromatic rings. The van der Waals surface area contributed by atoms with Crippen LogP contribution in [0.2, 0.25) is 5.02 Å². The number of carbonyl (C=O) groups is 2. The van der Waals surface area contributed by atoms with Crippen LogP contribution in [0.1, 0.15) is 42.9 Å². The van der Waals surface area contributed by atoms with Gasteiger partial charge in [-0.25, -0.2) is 9.69 Å². The van der Waals surface area contributed by atoms with E-state index >= 15 is 0 Å². The van der Waals surface area contributed by atoms with Crippen LogP contribution in [-0.4, -0.2) is 42.5 Å². The van der Waals surface area contributed by atoms with Gasteiger partial charge in [0, 0.05) is 58.1 Å². The van der Waals surface area contributed by atoms with Crippen molar-refractivity contribution in [2.75, 3.05) is 0 Å². The third kappa shape index (κ3) is 6.03. The highest BCUT2D eigenvalue weighted by Gasteiger charge is 2.38. The molecule has 7 rings (SSSR count). The van der Waals surface area contributed by atoms with E-state index in [4.69, 9.17) is 21.8 Å². The van der Waals surface area contributed by atoms with E-state index in [9.17, 15) is 19.5 Å². The van der Waals surface area contributed by atoms with Gasteiger partial charge < -0.3 is 10.1 Å². The molecule has 2 N–H and O–H groups in total. The predicted molar refractivity (Wildman–Crippen MR) is 186 cm³/mol. The zero-order chi connectivity index (χ0) is 33.2. The molecule has 0 bridgehead atoms. The number of amides is 1. The van der Waals surface area contributed by atoms with Crippen molar-refractivity contribution in [2.45, 2.75) is 31.7 Å². The van der Waals surface area contributed by atoms with E-state index in [2.05, 4.69) is 4.98 Å². The number of fused-ring (bicyclic) bond motifs is 1. The summed E-state index contributed by atoms with van der Waals surface area (Å²) in [7, 11) is 0. The Hall–Kier alpha value is -5.80. The summed E-state index contributed by atoms with van der Waals surface area (Å²) in [6.45, 7) is 0. The average Bonchev–Trinajstić information content (AvgIpc) is 3.74. The molecular formula is C38H30ClN5O4. The number of carboxylic acids is 1. The minimum absolute atomic E-state index is 0.0255. The summed E-state index contributed by atoms with van der Waals surface area (Å²) in [6.07, 6.45) is 2.11. The summed E-state index contributed by atoms with van der Waals surface area (Å²) >= 11 is 6.47. The molecule has 48 heavy (non-hydrogen) atoms. The lowest BCUT2D eigenvalue weighted by Gasteiger charge is -2.22. The summed E-state index contributed by atoms with van der Waals surface area (Å²) in [6, 6.07) is 33.6. The van der Waals surface area contributed by atoms with Crippen molar-refractivity contribution < 1.29 is 14.7 Å². The van der Waals surface area contributed by atoms with Gasteiger partial charge in [-0.05, 0) is 42.3 Å². The second kappa shape index (κ2) is 13.1. The van der Waals surface area contributed by atoms with Gasteiger partial charge in [0.2, 0.25) is 5.91 Å². The fraction of sp³-hybridized carbons (Fsp3) is 0.132. The maximum absolute atomic E-state index is 14.0. The van der Waals surface area contributed by atoms with E-state index in [0.717, 1.165) is 27.8 Å². The van der Waals surface area contributed by atoms with Crippen LogP contribution >= 0.6 is 11.6 Å². The third-order valence-electron chi connectivity index (χ3n) is 8.44. The zero-order valence-electron chi connectivity index (χ0n) is 25.7. The molecule has 1 atom stereocenters. The quantitative estimate of drug-likeness (QED) is 0.166. The fourth-order valence-corrected chi connectivity index (χ4v) is 6.42. The maximum atomic E-state index is 14.0. The number of rotatable bonds is 9. The van der Waals surface area contributed by atoms with Gasteiger partial charge in [0.25, 0.3) is 5.56 Å². The minimum Gasteiger partial charge on any atom is -0.481 e. The molecule has 0 fully saturated rings. The number of aliphatic carboxylic acids is 1. The Morgan fingerprint density at radius 2 is 1.52 bits per heavy atom. The number of hydrogen-bond acceptors (Lipinski definition) is 5. The molecule has 9 nitrogen and oxygen atoms in total. The van der Waals surface area contributed by atoms with E-state index in [1.807, 2.05) is 103 Å². The first-order chi connectivity index (χ1) is 23.4. The number of hydrazone groups is 1. The van der Waals surface area contributed by atoms with Gasteiger partial charge >= 0.3 is 5.97 Å². The fourth-order valence-electron chi connectivity index (χ4n) is 6.25. The first-order valence-corrected chi connectivity index (χ1v) is 16.0. The van der Waals surface area contributed by atoms with E-state index < -0.39 is 12.0 Å². The maximum Gasteiger partial charge on any atom is 0.303 e. The smallest absolute Gasteiger partial charge is 0.303 e. The van der Waals surface area contributed by atoms with Crippen LogP contribution in [0.4, 0.5) is 0 Å². The largest absolute Gasteiger partial charge is 0.481 e. The molecule has 4 aromatic carbocycles. The number of halogens is 1. The Morgan fingerprint density at radius 1 is 0.854 bits per heavy atom. The SMILES string of the molecule is O=C(O)CCCC(=O)N1N=C(c2c(-c3ccccc3)c3cc(Cl)ccc3[nH]c2=O)C[C@H]1c1cn(-c2ccccc2)nc1-c1ccccc1. The highest BCUT2D eigenvalue weighted by atomic mass is 35.5. The lowest BCUT2D eigenvalue weighted by molar-refractivity contribution is -0.137. The zero-order valence-corrected chi connectivity index (χ0v) is 26.5. The Morgan fingerprint density at radius 3 is 2.21 bits per heavy atom. The van der Waals surface area contributed by atoms with Gasteiger partial charge in [0.15, 0.2) is 0 Å². The van der Waals surface area contributed by atoms with Crippen LogP contribution in [0.25, 0.3) is 39.0 Å². The minimum atomic E-state index is -0.977. The van der Waals surface area contributed by atoms with Crippen LogP contribution in [-0.2, 0) is 9.59 Å². The number of carbonyl (C=O) groups excluding carboxylic acids is 1. The number of benzene rings is 4. The van der Waals surface area contributed by atoms with E-state index in [1.165, 1.54) is 5.01 Å². The molecule has 1 aliphatic heterocycles. The first kappa shape index (κ1) is 30.8. The number of nitrogens with zero attached hydrogens (tertiary/aromatic N) is 4. The van der Waals surface area contributed by atoms with Crippen molar-refractivity contribution >= 4 is 40.1 Å². The van der Waals surface area contributed by atoms with Gasteiger partial charge in [0.05, 0.1) is 28.7 Å². The Kier molecular flexibility index (Phi) is 8.44. The summed E-state index contributed by atoms with van der Waals surface area (Å²) in [4.78, 5) is 42.2. The summed E-state index contributed by atoms with van der Waals surface area (Å²) in [5, 5.41) is 21.8. The monoisotopic (exact) mass is 655 g/mol. The number of carboxylic acid groups (broad SMARTS) is 1. The molecule has 3 heterocycles. The lowest BCUT2D eigenvalue weighted by atomic mass is 9.90. The second-order valence-electron chi connectivity index (χ2n) is 11.6. The molecule has 10 heteroatoms. The molecule has 1 amide bonds. The molecule has 0 unspecified atom stereocenters. The van der Waals surface area contributed by atoms with Gasteiger partial charge in [-0.2, -0.15) is 10.2 Å². The number of H-pyrrole nitrogens is 1. The molecule has 0 radical (unpaired) electrons. The van der Waals surface area contributed by atoms with Crippen molar-refractivity contribution in [1.82, 2.24) is 19.8 Å².